The molecule has 1 aliphatic heterocycles. The van der Waals surface area contributed by atoms with Crippen LogP contribution >= 0.6 is 0 Å². The minimum Gasteiger partial charge on any atom is -0.414 e. The second-order valence-corrected chi connectivity index (χ2v) is 13.3. The van der Waals surface area contributed by atoms with E-state index in [1.807, 2.05) is 12.1 Å². The Morgan fingerprint density at radius 1 is 1.46 bits per heavy atom. The molecule has 0 unspecified atom stereocenters. The van der Waals surface area contributed by atoms with Crippen LogP contribution in [0.5, 0.6) is 0 Å². The number of ether oxygens (including phenoxy) is 1. The van der Waals surface area contributed by atoms with Gasteiger partial charge >= 0.3 is 0 Å². The number of fused-ring (bicyclic) bond motifs is 1. The van der Waals surface area contributed by atoms with Crippen LogP contribution in [0, 0.1) is 11.3 Å². The summed E-state index contributed by atoms with van der Waals surface area (Å²) in [5.74, 6) is 0.384. The van der Waals surface area contributed by atoms with E-state index in [-0.39, 0.29) is 11.1 Å². The van der Waals surface area contributed by atoms with E-state index in [1.165, 1.54) is 6.33 Å². The molecule has 0 aromatic carbocycles. The topological polar surface area (TPSA) is 98.5 Å². The molecule has 7 nitrogen and oxygen atoms in total. The Bertz CT molecular complexity index is 851. The van der Waals surface area contributed by atoms with Crippen LogP contribution in [-0.4, -0.2) is 35.6 Å². The van der Waals surface area contributed by atoms with E-state index in [0.29, 0.717) is 30.1 Å². The van der Waals surface area contributed by atoms with Gasteiger partial charge in [0.15, 0.2) is 19.7 Å². The maximum absolute atomic E-state index is 9.90. The molecule has 0 aliphatic carbocycles. The van der Waals surface area contributed by atoms with Crippen molar-refractivity contribution >= 4 is 19.7 Å². The lowest BCUT2D eigenvalue weighted by Gasteiger charge is -2.37. The summed E-state index contributed by atoms with van der Waals surface area (Å²) in [4.78, 5) is 4.00. The first-order valence-corrected chi connectivity index (χ1v) is 11.8. The van der Waals surface area contributed by atoms with Gasteiger partial charge in [-0.3, -0.25) is 0 Å². The Labute approximate surface area is 155 Å². The van der Waals surface area contributed by atoms with E-state index in [1.54, 1.807) is 4.52 Å². The van der Waals surface area contributed by atoms with Gasteiger partial charge in [0.2, 0.25) is 0 Å². The normalized spacial score (nSPS) is 24.1. The molecule has 3 rings (SSSR count). The fraction of sp³-hybridized carbons (Fsp3) is 0.611. The van der Waals surface area contributed by atoms with Gasteiger partial charge in [-0.05, 0) is 43.1 Å². The van der Waals surface area contributed by atoms with Crippen molar-refractivity contribution in [2.24, 2.45) is 0 Å². The van der Waals surface area contributed by atoms with Crippen molar-refractivity contribution in [3.63, 3.8) is 0 Å². The zero-order chi connectivity index (χ0) is 19.2. The van der Waals surface area contributed by atoms with E-state index in [9.17, 15) is 5.26 Å². The van der Waals surface area contributed by atoms with Crippen molar-refractivity contribution in [2.45, 2.75) is 63.5 Å². The Morgan fingerprint density at radius 2 is 2.19 bits per heavy atom. The molecule has 2 atom stereocenters. The van der Waals surface area contributed by atoms with Gasteiger partial charge in [-0.2, -0.15) is 10.4 Å². The lowest BCUT2D eigenvalue weighted by Crippen LogP contribution is -2.42. The summed E-state index contributed by atoms with van der Waals surface area (Å²) in [6, 6.07) is 6.03. The van der Waals surface area contributed by atoms with Crippen LogP contribution in [-0.2, 0) is 14.8 Å². The van der Waals surface area contributed by atoms with Gasteiger partial charge in [-0.1, -0.05) is 20.8 Å². The SMILES string of the molecule is CC(C)(C)[Si](C)(C)OC[C@@H]1CC[C@](C#N)(c2ccc3c(N)ncnn23)O1. The maximum atomic E-state index is 9.90. The molecule has 2 aromatic heterocycles. The van der Waals surface area contributed by atoms with Gasteiger partial charge in [0.1, 0.15) is 17.9 Å². The molecule has 0 amide bonds. The summed E-state index contributed by atoms with van der Waals surface area (Å²) < 4.78 is 14.2. The van der Waals surface area contributed by atoms with E-state index in [2.05, 4.69) is 50.0 Å². The van der Waals surface area contributed by atoms with Gasteiger partial charge in [-0.25, -0.2) is 9.50 Å². The average Bonchev–Trinajstić information content (AvgIpc) is 3.17. The van der Waals surface area contributed by atoms with Crippen molar-refractivity contribution in [1.82, 2.24) is 14.6 Å². The summed E-state index contributed by atoms with van der Waals surface area (Å²) in [7, 11) is -1.85. The molecule has 26 heavy (non-hydrogen) atoms. The third-order valence-electron chi connectivity index (χ3n) is 5.70. The number of hydrogen-bond acceptors (Lipinski definition) is 6. The predicted molar refractivity (Wildman–Crippen MR) is 102 cm³/mol. The molecule has 0 radical (unpaired) electrons. The first-order chi connectivity index (χ1) is 12.1. The summed E-state index contributed by atoms with van der Waals surface area (Å²) >= 11 is 0. The van der Waals surface area contributed by atoms with Crippen molar-refractivity contribution in [1.29, 1.82) is 5.26 Å². The first kappa shape index (κ1) is 18.8. The van der Waals surface area contributed by atoms with Gasteiger partial charge in [0, 0.05) is 0 Å². The Balaban J connectivity index is 1.80. The Kier molecular flexibility index (Phi) is 4.59. The zero-order valence-corrected chi connectivity index (χ0v) is 17.1. The van der Waals surface area contributed by atoms with E-state index in [0.717, 1.165) is 6.42 Å². The van der Waals surface area contributed by atoms with Crippen LogP contribution in [0.15, 0.2) is 18.5 Å². The van der Waals surface area contributed by atoms with Crippen LogP contribution in [0.1, 0.15) is 39.3 Å². The lowest BCUT2D eigenvalue weighted by molar-refractivity contribution is -0.0300. The summed E-state index contributed by atoms with van der Waals surface area (Å²) in [5.41, 5.74) is 6.25. The Morgan fingerprint density at radius 3 is 2.85 bits per heavy atom. The molecule has 0 saturated carbocycles. The summed E-state index contributed by atoms with van der Waals surface area (Å²) in [6.45, 7) is 11.6. The second-order valence-electron chi connectivity index (χ2n) is 8.45. The first-order valence-electron chi connectivity index (χ1n) is 8.91. The number of nitrogen functional groups attached to an aromatic ring is 1. The highest BCUT2D eigenvalue weighted by Crippen LogP contribution is 2.41. The standard InChI is InChI=1S/C18H27N5O2Si/c1-17(2,3)26(4,5)24-10-13-8-9-18(11-19,25-13)15-7-6-14-16(20)21-12-22-23(14)15/h6-7,12-13H,8-10H2,1-5H3,(H2,20,21,22)/t13-,18-/m0/s1. The molecule has 2 aromatic rings. The smallest absolute Gasteiger partial charge is 0.196 e. The lowest BCUT2D eigenvalue weighted by atomic mass is 9.98. The fourth-order valence-corrected chi connectivity index (χ4v) is 4.02. The summed E-state index contributed by atoms with van der Waals surface area (Å²) in [6.07, 6.45) is 2.67. The van der Waals surface area contributed by atoms with Gasteiger partial charge in [0.05, 0.1) is 18.4 Å². The van der Waals surface area contributed by atoms with Crippen LogP contribution in [0.2, 0.25) is 18.1 Å². The molecule has 0 spiro atoms. The number of nitrogens with two attached hydrogens (primary N) is 1. The molecular weight excluding hydrogens is 346 g/mol. The minimum atomic E-state index is -1.85. The average molecular weight is 374 g/mol. The van der Waals surface area contributed by atoms with E-state index in [4.69, 9.17) is 14.9 Å². The molecule has 1 fully saturated rings. The second kappa shape index (κ2) is 6.34. The monoisotopic (exact) mass is 373 g/mol. The number of hydrogen-bond donors (Lipinski definition) is 1. The highest BCUT2D eigenvalue weighted by Gasteiger charge is 2.46. The minimum absolute atomic E-state index is 0.103. The molecular formula is C18H27N5O2Si. The van der Waals surface area contributed by atoms with Crippen LogP contribution < -0.4 is 5.73 Å². The van der Waals surface area contributed by atoms with Crippen LogP contribution in [0.4, 0.5) is 5.82 Å². The van der Waals surface area contributed by atoms with E-state index < -0.39 is 13.9 Å². The predicted octanol–water partition coefficient (Wildman–Crippen LogP) is 3.23. The van der Waals surface area contributed by atoms with Crippen molar-refractivity contribution < 1.29 is 9.16 Å². The Hall–Kier alpha value is -1.95. The highest BCUT2D eigenvalue weighted by atomic mass is 28.4. The third-order valence-corrected chi connectivity index (χ3v) is 10.2. The van der Waals surface area contributed by atoms with Crippen molar-refractivity contribution in [2.75, 3.05) is 12.3 Å². The number of anilines is 1. The fourth-order valence-electron chi connectivity index (χ4n) is 2.99. The quantitative estimate of drug-likeness (QED) is 0.826. The van der Waals surface area contributed by atoms with Gasteiger partial charge in [-0.15, -0.1) is 0 Å². The largest absolute Gasteiger partial charge is 0.414 e. The number of nitriles is 1. The zero-order valence-electron chi connectivity index (χ0n) is 16.1. The van der Waals surface area contributed by atoms with Gasteiger partial charge in [0.25, 0.3) is 0 Å². The number of aromatic nitrogens is 3. The van der Waals surface area contributed by atoms with Crippen molar-refractivity contribution in [3.8, 4) is 6.07 Å². The van der Waals surface area contributed by atoms with Crippen molar-refractivity contribution in [3.05, 3.63) is 24.2 Å². The maximum Gasteiger partial charge on any atom is 0.196 e. The molecule has 0 bridgehead atoms. The number of rotatable bonds is 4. The van der Waals surface area contributed by atoms with Crippen LogP contribution in [0.25, 0.3) is 5.52 Å². The molecule has 1 saturated heterocycles. The van der Waals surface area contributed by atoms with Crippen LogP contribution in [0.3, 0.4) is 0 Å². The summed E-state index contributed by atoms with van der Waals surface area (Å²) in [5, 5.41) is 14.3. The van der Waals surface area contributed by atoms with E-state index >= 15 is 0 Å². The highest BCUT2D eigenvalue weighted by molar-refractivity contribution is 6.74. The molecule has 1 aliphatic rings. The molecule has 140 valence electrons. The number of nitrogens with zero attached hydrogens (tertiary/aromatic N) is 4. The van der Waals surface area contributed by atoms with Gasteiger partial charge < -0.3 is 14.9 Å². The third kappa shape index (κ3) is 3.11. The molecule has 3 heterocycles. The molecule has 8 heteroatoms. The molecule has 2 N–H and O–H groups in total.